The number of thiophene rings is 1. The molecule has 0 fully saturated rings. The highest BCUT2D eigenvalue weighted by molar-refractivity contribution is 7.12. The fourth-order valence-corrected chi connectivity index (χ4v) is 2.94. The Balaban J connectivity index is 1.62. The van der Waals surface area contributed by atoms with E-state index >= 15 is 0 Å². The van der Waals surface area contributed by atoms with E-state index in [1.54, 1.807) is 0 Å². The molecule has 2 aromatic carbocycles. The molecule has 3 nitrogen and oxygen atoms in total. The number of anilines is 2. The van der Waals surface area contributed by atoms with Crippen LogP contribution in [0.5, 0.6) is 0 Å². The van der Waals surface area contributed by atoms with Crippen molar-refractivity contribution in [2.45, 2.75) is 13.0 Å². The molecule has 4 heteroatoms. The van der Waals surface area contributed by atoms with Gasteiger partial charge in [-0.3, -0.25) is 4.79 Å². The fraction of sp³-hybridized carbons (Fsp3) is 0.105. The van der Waals surface area contributed by atoms with Crippen LogP contribution in [0.1, 0.15) is 28.2 Å². The number of rotatable bonds is 5. The molecule has 3 rings (SSSR count). The SMILES string of the molecule is CC(Nc1ccc(NC(=O)c2cccs2)cc1)c1ccccc1. The van der Waals surface area contributed by atoms with E-state index in [0.717, 1.165) is 11.4 Å². The summed E-state index contributed by atoms with van der Waals surface area (Å²) in [5.74, 6) is -0.0710. The molecule has 0 bridgehead atoms. The summed E-state index contributed by atoms with van der Waals surface area (Å²) in [4.78, 5) is 12.7. The van der Waals surface area contributed by atoms with E-state index in [9.17, 15) is 4.79 Å². The van der Waals surface area contributed by atoms with E-state index < -0.39 is 0 Å². The summed E-state index contributed by atoms with van der Waals surface area (Å²) in [6, 6.07) is 22.0. The van der Waals surface area contributed by atoms with Crippen molar-refractivity contribution in [1.82, 2.24) is 0 Å². The van der Waals surface area contributed by atoms with Gasteiger partial charge in [-0.2, -0.15) is 0 Å². The molecule has 0 aliphatic carbocycles. The topological polar surface area (TPSA) is 41.1 Å². The summed E-state index contributed by atoms with van der Waals surface area (Å²) in [5, 5.41) is 8.25. The van der Waals surface area contributed by atoms with Gasteiger partial charge in [-0.05, 0) is 48.2 Å². The second kappa shape index (κ2) is 7.11. The van der Waals surface area contributed by atoms with Gasteiger partial charge in [-0.1, -0.05) is 36.4 Å². The maximum Gasteiger partial charge on any atom is 0.265 e. The summed E-state index contributed by atoms with van der Waals surface area (Å²) >= 11 is 1.44. The maximum atomic E-state index is 12.0. The number of nitrogens with one attached hydrogen (secondary N) is 2. The summed E-state index contributed by atoms with van der Waals surface area (Å²) in [6.07, 6.45) is 0. The average molecular weight is 322 g/mol. The molecule has 0 radical (unpaired) electrons. The van der Waals surface area contributed by atoms with Gasteiger partial charge < -0.3 is 10.6 Å². The molecular weight excluding hydrogens is 304 g/mol. The third kappa shape index (κ3) is 3.99. The number of carbonyl (C=O) groups is 1. The lowest BCUT2D eigenvalue weighted by Gasteiger charge is -2.16. The van der Waals surface area contributed by atoms with E-state index in [2.05, 4.69) is 29.7 Å². The van der Waals surface area contributed by atoms with Crippen molar-refractivity contribution in [3.8, 4) is 0 Å². The first kappa shape index (κ1) is 15.3. The first-order valence-corrected chi connectivity index (χ1v) is 8.37. The third-order valence-corrected chi connectivity index (χ3v) is 4.44. The standard InChI is InChI=1S/C19H18N2OS/c1-14(15-6-3-2-4-7-15)20-16-9-11-17(12-10-16)21-19(22)18-8-5-13-23-18/h2-14,20H,1H3,(H,21,22). The summed E-state index contributed by atoms with van der Waals surface area (Å²) in [5.41, 5.74) is 3.05. The van der Waals surface area contributed by atoms with Crippen LogP contribution in [0.4, 0.5) is 11.4 Å². The quantitative estimate of drug-likeness (QED) is 0.680. The minimum atomic E-state index is -0.0710. The van der Waals surface area contributed by atoms with Gasteiger partial charge in [-0.25, -0.2) is 0 Å². The molecule has 1 amide bonds. The van der Waals surface area contributed by atoms with Crippen LogP contribution in [0.2, 0.25) is 0 Å². The summed E-state index contributed by atoms with van der Waals surface area (Å²) < 4.78 is 0. The van der Waals surface area contributed by atoms with Crippen molar-refractivity contribution in [3.05, 3.63) is 82.6 Å². The predicted octanol–water partition coefficient (Wildman–Crippen LogP) is 5.17. The van der Waals surface area contributed by atoms with Gasteiger partial charge in [0, 0.05) is 17.4 Å². The van der Waals surface area contributed by atoms with Crippen LogP contribution in [0, 0.1) is 0 Å². The van der Waals surface area contributed by atoms with E-state index in [4.69, 9.17) is 0 Å². The van der Waals surface area contributed by atoms with E-state index in [1.165, 1.54) is 16.9 Å². The fourth-order valence-electron chi connectivity index (χ4n) is 2.33. The highest BCUT2D eigenvalue weighted by atomic mass is 32.1. The Morgan fingerprint density at radius 1 is 0.913 bits per heavy atom. The van der Waals surface area contributed by atoms with Crippen molar-refractivity contribution in [3.63, 3.8) is 0 Å². The number of carbonyl (C=O) groups excluding carboxylic acids is 1. The second-order valence-corrected chi connectivity index (χ2v) is 6.23. The van der Waals surface area contributed by atoms with Crippen LogP contribution < -0.4 is 10.6 Å². The maximum absolute atomic E-state index is 12.0. The predicted molar refractivity (Wildman–Crippen MR) is 97.2 cm³/mol. The Labute approximate surface area is 140 Å². The van der Waals surface area contributed by atoms with Crippen molar-refractivity contribution < 1.29 is 4.79 Å². The van der Waals surface area contributed by atoms with E-state index in [-0.39, 0.29) is 11.9 Å². The molecule has 0 aliphatic heterocycles. The molecule has 0 spiro atoms. The molecule has 1 heterocycles. The van der Waals surface area contributed by atoms with Gasteiger partial charge in [0.05, 0.1) is 4.88 Å². The lowest BCUT2D eigenvalue weighted by Crippen LogP contribution is -2.10. The molecule has 1 aromatic heterocycles. The second-order valence-electron chi connectivity index (χ2n) is 5.29. The highest BCUT2D eigenvalue weighted by Crippen LogP contribution is 2.21. The summed E-state index contributed by atoms with van der Waals surface area (Å²) in [6.45, 7) is 2.13. The third-order valence-electron chi connectivity index (χ3n) is 3.57. The number of hydrogen-bond acceptors (Lipinski definition) is 3. The molecule has 1 unspecified atom stereocenters. The average Bonchev–Trinajstić information content (AvgIpc) is 3.12. The van der Waals surface area contributed by atoms with Gasteiger partial charge in [0.2, 0.25) is 0 Å². The van der Waals surface area contributed by atoms with Crippen LogP contribution in [0.25, 0.3) is 0 Å². The van der Waals surface area contributed by atoms with Gasteiger partial charge in [0.1, 0.15) is 0 Å². The molecule has 23 heavy (non-hydrogen) atoms. The zero-order chi connectivity index (χ0) is 16.1. The number of amides is 1. The molecule has 3 aromatic rings. The largest absolute Gasteiger partial charge is 0.379 e. The van der Waals surface area contributed by atoms with Gasteiger partial charge in [0.25, 0.3) is 5.91 Å². The lowest BCUT2D eigenvalue weighted by molar-refractivity contribution is 0.103. The van der Waals surface area contributed by atoms with Crippen molar-refractivity contribution in [2.24, 2.45) is 0 Å². The van der Waals surface area contributed by atoms with Crippen LogP contribution in [-0.4, -0.2) is 5.91 Å². The molecule has 2 N–H and O–H groups in total. The summed E-state index contributed by atoms with van der Waals surface area (Å²) in [7, 11) is 0. The number of benzene rings is 2. The van der Waals surface area contributed by atoms with E-state index in [1.807, 2.05) is 60.0 Å². The zero-order valence-corrected chi connectivity index (χ0v) is 13.6. The van der Waals surface area contributed by atoms with Gasteiger partial charge >= 0.3 is 0 Å². The lowest BCUT2D eigenvalue weighted by atomic mass is 10.1. The Hall–Kier alpha value is -2.59. The normalized spacial score (nSPS) is 11.7. The molecular formula is C19H18N2OS. The van der Waals surface area contributed by atoms with Crippen LogP contribution >= 0.6 is 11.3 Å². The van der Waals surface area contributed by atoms with Crippen LogP contribution in [-0.2, 0) is 0 Å². The number of hydrogen-bond donors (Lipinski definition) is 2. The Bertz CT molecular complexity index is 752. The Kier molecular flexibility index (Phi) is 4.74. The van der Waals surface area contributed by atoms with Crippen molar-refractivity contribution in [2.75, 3.05) is 10.6 Å². The van der Waals surface area contributed by atoms with Gasteiger partial charge in [0.15, 0.2) is 0 Å². The van der Waals surface area contributed by atoms with E-state index in [0.29, 0.717) is 4.88 Å². The Morgan fingerprint density at radius 2 is 1.61 bits per heavy atom. The van der Waals surface area contributed by atoms with Crippen LogP contribution in [0.3, 0.4) is 0 Å². The molecule has 1 atom stereocenters. The molecule has 0 saturated carbocycles. The first-order chi connectivity index (χ1) is 11.2. The van der Waals surface area contributed by atoms with Gasteiger partial charge in [-0.15, -0.1) is 11.3 Å². The Morgan fingerprint density at radius 3 is 2.26 bits per heavy atom. The van der Waals surface area contributed by atoms with Crippen molar-refractivity contribution >= 4 is 28.6 Å². The molecule has 0 saturated heterocycles. The van der Waals surface area contributed by atoms with Crippen LogP contribution in [0.15, 0.2) is 72.1 Å². The first-order valence-electron chi connectivity index (χ1n) is 7.49. The molecule has 0 aliphatic rings. The van der Waals surface area contributed by atoms with Crippen molar-refractivity contribution in [1.29, 1.82) is 0 Å². The minimum Gasteiger partial charge on any atom is -0.379 e. The zero-order valence-electron chi connectivity index (χ0n) is 12.8. The monoisotopic (exact) mass is 322 g/mol. The molecule has 116 valence electrons. The smallest absolute Gasteiger partial charge is 0.265 e. The highest BCUT2D eigenvalue weighted by Gasteiger charge is 2.07. The minimum absolute atomic E-state index is 0.0710.